The first-order chi connectivity index (χ1) is 8.58. The largest absolute Gasteiger partial charge is 0.375 e. The first-order valence-corrected chi connectivity index (χ1v) is 6.53. The molecule has 1 heterocycles. The van der Waals surface area contributed by atoms with Crippen LogP contribution in [0.25, 0.3) is 0 Å². The normalized spacial score (nSPS) is 12.2. The zero-order valence-corrected chi connectivity index (χ0v) is 11.9. The fraction of sp³-hybridized carbons (Fsp3) is 0.154. The molecule has 18 heavy (non-hydrogen) atoms. The van der Waals surface area contributed by atoms with Gasteiger partial charge in [-0.05, 0) is 31.2 Å². The Morgan fingerprint density at radius 2 is 1.78 bits per heavy atom. The van der Waals surface area contributed by atoms with Gasteiger partial charge in [0.2, 0.25) is 0 Å². The molecule has 0 aliphatic heterocycles. The molecule has 5 heteroatoms. The Kier molecular flexibility index (Phi) is 4.33. The molecule has 94 valence electrons. The number of anilines is 1. The van der Waals surface area contributed by atoms with Gasteiger partial charge >= 0.3 is 0 Å². The fourth-order valence-electron chi connectivity index (χ4n) is 1.60. The van der Waals surface area contributed by atoms with Gasteiger partial charge in [0.15, 0.2) is 0 Å². The number of benzene rings is 1. The topological polar surface area (TPSA) is 24.9 Å². The van der Waals surface area contributed by atoms with Crippen molar-refractivity contribution >= 4 is 40.5 Å². The van der Waals surface area contributed by atoms with E-state index in [1.54, 1.807) is 18.3 Å². The van der Waals surface area contributed by atoms with E-state index in [2.05, 4.69) is 10.3 Å². The van der Waals surface area contributed by atoms with E-state index in [0.717, 1.165) is 5.69 Å². The number of aromatic nitrogens is 1. The molecule has 0 spiro atoms. The molecule has 1 unspecified atom stereocenters. The molecule has 0 fully saturated rings. The minimum Gasteiger partial charge on any atom is -0.375 e. The van der Waals surface area contributed by atoms with E-state index in [1.807, 2.05) is 25.1 Å². The molecule has 0 aliphatic carbocycles. The Labute approximate surface area is 121 Å². The smallest absolute Gasteiger partial charge is 0.0725 e. The maximum absolute atomic E-state index is 6.11. The second kappa shape index (κ2) is 5.79. The van der Waals surface area contributed by atoms with Crippen LogP contribution in [-0.2, 0) is 0 Å². The maximum atomic E-state index is 6.11. The van der Waals surface area contributed by atoms with Gasteiger partial charge in [-0.25, -0.2) is 0 Å². The molecule has 0 radical (unpaired) electrons. The minimum atomic E-state index is 0.00220. The quantitative estimate of drug-likeness (QED) is 0.841. The summed E-state index contributed by atoms with van der Waals surface area (Å²) in [5.41, 5.74) is 1.58. The molecule has 1 N–H and O–H groups in total. The molecule has 0 aliphatic rings. The van der Waals surface area contributed by atoms with Crippen LogP contribution >= 0.6 is 34.8 Å². The summed E-state index contributed by atoms with van der Waals surface area (Å²) >= 11 is 18.1. The molecule has 0 saturated heterocycles. The Morgan fingerprint density at radius 3 is 2.33 bits per heavy atom. The van der Waals surface area contributed by atoms with Crippen molar-refractivity contribution in [1.82, 2.24) is 4.98 Å². The Balaban J connectivity index is 2.25. The van der Waals surface area contributed by atoms with Crippen molar-refractivity contribution in [2.24, 2.45) is 0 Å². The van der Waals surface area contributed by atoms with Crippen LogP contribution in [0.1, 0.15) is 18.7 Å². The summed E-state index contributed by atoms with van der Waals surface area (Å²) in [6.45, 7) is 1.99. The highest BCUT2D eigenvalue weighted by atomic mass is 35.5. The van der Waals surface area contributed by atoms with Gasteiger partial charge < -0.3 is 5.32 Å². The van der Waals surface area contributed by atoms with E-state index < -0.39 is 0 Å². The third-order valence-corrected chi connectivity index (χ3v) is 3.31. The highest BCUT2D eigenvalue weighted by molar-refractivity contribution is 6.41. The summed E-state index contributed by atoms with van der Waals surface area (Å²) in [6.07, 6.45) is 1.75. The fourth-order valence-corrected chi connectivity index (χ4v) is 2.53. The first kappa shape index (κ1) is 13.5. The van der Waals surface area contributed by atoms with Gasteiger partial charge in [-0.1, -0.05) is 40.9 Å². The van der Waals surface area contributed by atoms with Crippen LogP contribution in [0.5, 0.6) is 0 Å². The molecule has 2 nitrogen and oxygen atoms in total. The molecule has 2 rings (SSSR count). The molecular weight excluding hydrogens is 291 g/mol. The summed E-state index contributed by atoms with van der Waals surface area (Å²) in [4.78, 5) is 4.28. The van der Waals surface area contributed by atoms with Crippen molar-refractivity contribution in [1.29, 1.82) is 0 Å². The summed E-state index contributed by atoms with van der Waals surface area (Å²) in [5, 5.41) is 4.74. The van der Waals surface area contributed by atoms with Crippen LogP contribution in [0.2, 0.25) is 15.1 Å². The predicted molar refractivity (Wildman–Crippen MR) is 77.7 cm³/mol. The Morgan fingerprint density at radius 1 is 1.11 bits per heavy atom. The van der Waals surface area contributed by atoms with E-state index in [-0.39, 0.29) is 6.04 Å². The number of nitrogens with one attached hydrogen (secondary N) is 1. The van der Waals surface area contributed by atoms with Crippen LogP contribution in [0.3, 0.4) is 0 Å². The molecule has 1 aromatic carbocycles. The van der Waals surface area contributed by atoms with Crippen molar-refractivity contribution in [2.75, 3.05) is 5.32 Å². The van der Waals surface area contributed by atoms with Crippen LogP contribution in [-0.4, -0.2) is 4.98 Å². The van der Waals surface area contributed by atoms with Crippen molar-refractivity contribution < 1.29 is 0 Å². The lowest BCUT2D eigenvalue weighted by atomic mass is 10.2. The van der Waals surface area contributed by atoms with Gasteiger partial charge in [0.05, 0.1) is 27.5 Å². The van der Waals surface area contributed by atoms with Crippen molar-refractivity contribution in [3.05, 3.63) is 57.3 Å². The molecule has 1 aromatic heterocycles. The zero-order chi connectivity index (χ0) is 13.1. The average Bonchev–Trinajstić information content (AvgIpc) is 2.34. The summed E-state index contributed by atoms with van der Waals surface area (Å²) in [5.74, 6) is 0. The number of hydrogen-bond donors (Lipinski definition) is 1. The van der Waals surface area contributed by atoms with Gasteiger partial charge in [0.1, 0.15) is 0 Å². The number of nitrogens with zero attached hydrogens (tertiary/aromatic N) is 1. The van der Waals surface area contributed by atoms with E-state index in [9.17, 15) is 0 Å². The van der Waals surface area contributed by atoms with Crippen molar-refractivity contribution in [3.63, 3.8) is 0 Å². The lowest BCUT2D eigenvalue weighted by Gasteiger charge is -2.17. The monoisotopic (exact) mass is 300 g/mol. The van der Waals surface area contributed by atoms with Crippen LogP contribution in [0, 0.1) is 0 Å². The standard InChI is InChI=1S/C13H11Cl3N2/c1-8(12-4-2-3-5-17-12)18-13-10(15)6-9(14)7-11(13)16/h2-8,18H,1H3. The van der Waals surface area contributed by atoms with Gasteiger partial charge in [-0.3, -0.25) is 4.98 Å². The molecule has 0 amide bonds. The van der Waals surface area contributed by atoms with E-state index in [0.29, 0.717) is 20.8 Å². The summed E-state index contributed by atoms with van der Waals surface area (Å²) < 4.78 is 0. The maximum Gasteiger partial charge on any atom is 0.0725 e. The summed E-state index contributed by atoms with van der Waals surface area (Å²) in [6, 6.07) is 9.06. The van der Waals surface area contributed by atoms with Gasteiger partial charge in [-0.15, -0.1) is 0 Å². The Hall–Kier alpha value is -0.960. The van der Waals surface area contributed by atoms with E-state index in [1.165, 1.54) is 0 Å². The summed E-state index contributed by atoms with van der Waals surface area (Å²) in [7, 11) is 0. The highest BCUT2D eigenvalue weighted by Gasteiger charge is 2.12. The van der Waals surface area contributed by atoms with Crippen molar-refractivity contribution in [3.8, 4) is 0 Å². The second-order valence-electron chi connectivity index (χ2n) is 3.87. The third kappa shape index (κ3) is 3.08. The SMILES string of the molecule is CC(Nc1c(Cl)cc(Cl)cc1Cl)c1ccccn1. The van der Waals surface area contributed by atoms with Crippen LogP contribution in [0.4, 0.5) is 5.69 Å². The molecule has 0 bridgehead atoms. The highest BCUT2D eigenvalue weighted by Crippen LogP contribution is 2.35. The van der Waals surface area contributed by atoms with Crippen molar-refractivity contribution in [2.45, 2.75) is 13.0 Å². The lowest BCUT2D eigenvalue weighted by molar-refractivity contribution is 0.839. The third-order valence-electron chi connectivity index (χ3n) is 2.50. The Bertz CT molecular complexity index is 520. The lowest BCUT2D eigenvalue weighted by Crippen LogP contribution is -2.08. The number of halogens is 3. The number of rotatable bonds is 3. The molecular formula is C13H11Cl3N2. The van der Waals surface area contributed by atoms with Crippen LogP contribution in [0.15, 0.2) is 36.5 Å². The number of hydrogen-bond acceptors (Lipinski definition) is 2. The average molecular weight is 302 g/mol. The van der Waals surface area contributed by atoms with Gasteiger partial charge in [0.25, 0.3) is 0 Å². The van der Waals surface area contributed by atoms with Crippen LogP contribution < -0.4 is 5.32 Å². The molecule has 1 atom stereocenters. The first-order valence-electron chi connectivity index (χ1n) is 5.40. The molecule has 0 saturated carbocycles. The van der Waals surface area contributed by atoms with E-state index >= 15 is 0 Å². The van der Waals surface area contributed by atoms with E-state index in [4.69, 9.17) is 34.8 Å². The zero-order valence-electron chi connectivity index (χ0n) is 9.62. The predicted octanol–water partition coefficient (Wildman–Crippen LogP) is 5.21. The van der Waals surface area contributed by atoms with Gasteiger partial charge in [-0.2, -0.15) is 0 Å². The van der Waals surface area contributed by atoms with Gasteiger partial charge in [0, 0.05) is 11.2 Å². The minimum absolute atomic E-state index is 0.00220. The second-order valence-corrected chi connectivity index (χ2v) is 5.12. The number of pyridine rings is 1. The molecule has 2 aromatic rings.